The Bertz CT molecular complexity index is 1480. The van der Waals surface area contributed by atoms with Crippen LogP contribution in [0.3, 0.4) is 0 Å². The molecule has 3 N–H and O–H groups in total. The van der Waals surface area contributed by atoms with Gasteiger partial charge in [0.05, 0.1) is 6.61 Å². The van der Waals surface area contributed by atoms with E-state index in [0.717, 1.165) is 75.5 Å². The molecule has 218 valence electrons. The van der Waals surface area contributed by atoms with Crippen LogP contribution in [0.15, 0.2) is 48.8 Å². The standard InChI is InChI=1S/C31H33N5O4S2/c37-15-2-1-5-20-18-33-28(41-20)30(39)35-13-10-24-22(6-3-8-26(24)35)23-7-4-9-27-25(23)11-14-36(27)31(40)29-34-19-21(42-29)17-32-12-16-38/h3-4,6-9,18-19,32,37-38H,1-2,5,10-17H2. The maximum absolute atomic E-state index is 13.5. The lowest BCUT2D eigenvalue weighted by Gasteiger charge is -2.18. The molecule has 0 atom stereocenters. The van der Waals surface area contributed by atoms with E-state index in [9.17, 15) is 9.59 Å². The number of aromatic nitrogens is 2. The summed E-state index contributed by atoms with van der Waals surface area (Å²) in [6.07, 6.45) is 7.44. The molecule has 0 unspecified atom stereocenters. The summed E-state index contributed by atoms with van der Waals surface area (Å²) >= 11 is 2.82. The van der Waals surface area contributed by atoms with E-state index in [0.29, 0.717) is 36.2 Å². The number of anilines is 2. The number of thiazole rings is 2. The van der Waals surface area contributed by atoms with Crippen molar-refractivity contribution in [3.05, 3.63) is 79.7 Å². The SMILES string of the molecule is O=C(c1ncc(CCCCO)s1)N1CCc2c(-c3cccc4c3CCN4C(=O)c3ncc(CNCCO)s3)cccc21. The van der Waals surface area contributed by atoms with Gasteiger partial charge in [-0.3, -0.25) is 9.59 Å². The van der Waals surface area contributed by atoms with Crippen LogP contribution in [0.2, 0.25) is 0 Å². The van der Waals surface area contributed by atoms with Crippen molar-refractivity contribution in [3.63, 3.8) is 0 Å². The second-order valence-electron chi connectivity index (χ2n) is 10.4. The summed E-state index contributed by atoms with van der Waals surface area (Å²) in [6, 6.07) is 12.2. The molecule has 6 rings (SSSR count). The van der Waals surface area contributed by atoms with Crippen LogP contribution in [0.5, 0.6) is 0 Å². The molecule has 42 heavy (non-hydrogen) atoms. The van der Waals surface area contributed by atoms with Crippen LogP contribution in [0.25, 0.3) is 11.1 Å². The van der Waals surface area contributed by atoms with Crippen LogP contribution in [0.1, 0.15) is 53.3 Å². The summed E-state index contributed by atoms with van der Waals surface area (Å²) in [5.74, 6) is -0.174. The predicted molar refractivity (Wildman–Crippen MR) is 166 cm³/mol. The molecule has 11 heteroatoms. The van der Waals surface area contributed by atoms with E-state index in [1.165, 1.54) is 22.7 Å². The van der Waals surface area contributed by atoms with E-state index < -0.39 is 0 Å². The van der Waals surface area contributed by atoms with Gasteiger partial charge in [0.25, 0.3) is 11.8 Å². The minimum absolute atomic E-state index is 0.0653. The average molecular weight is 604 g/mol. The molecule has 4 heterocycles. The molecule has 9 nitrogen and oxygen atoms in total. The number of nitrogens with zero attached hydrogens (tertiary/aromatic N) is 4. The van der Waals surface area contributed by atoms with Crippen molar-refractivity contribution >= 4 is 45.9 Å². The Morgan fingerprint density at radius 2 is 1.36 bits per heavy atom. The smallest absolute Gasteiger partial charge is 0.287 e. The fourth-order valence-corrected chi connectivity index (χ4v) is 7.47. The maximum Gasteiger partial charge on any atom is 0.287 e. The maximum atomic E-state index is 13.5. The van der Waals surface area contributed by atoms with Gasteiger partial charge in [-0.05, 0) is 66.5 Å². The Morgan fingerprint density at radius 1 is 0.786 bits per heavy atom. The van der Waals surface area contributed by atoms with Crippen molar-refractivity contribution in [2.75, 3.05) is 42.6 Å². The molecule has 2 aromatic heterocycles. The third-order valence-corrected chi connectivity index (χ3v) is 9.76. The molecule has 0 spiro atoms. The quantitative estimate of drug-likeness (QED) is 0.221. The molecule has 0 saturated carbocycles. The fourth-order valence-electron chi connectivity index (χ4n) is 5.74. The first-order valence-corrected chi connectivity index (χ1v) is 15.9. The van der Waals surface area contributed by atoms with Crippen molar-refractivity contribution in [2.45, 2.75) is 38.6 Å². The Balaban J connectivity index is 1.23. The number of unbranched alkanes of at least 4 members (excludes halogenated alkanes) is 1. The normalized spacial score (nSPS) is 14.0. The Hall–Kier alpha value is -3.48. The average Bonchev–Trinajstić information content (AvgIpc) is 3.82. The molecule has 2 aliphatic heterocycles. The first kappa shape index (κ1) is 28.6. The van der Waals surface area contributed by atoms with E-state index in [1.54, 1.807) is 12.4 Å². The molecule has 0 bridgehead atoms. The highest BCUT2D eigenvalue weighted by molar-refractivity contribution is 7.14. The van der Waals surface area contributed by atoms with Gasteiger partial charge in [-0.15, -0.1) is 22.7 Å². The van der Waals surface area contributed by atoms with Crippen molar-refractivity contribution in [3.8, 4) is 11.1 Å². The first-order chi connectivity index (χ1) is 20.6. The van der Waals surface area contributed by atoms with E-state index >= 15 is 0 Å². The number of aliphatic hydroxyl groups is 2. The van der Waals surface area contributed by atoms with Crippen LogP contribution >= 0.6 is 22.7 Å². The van der Waals surface area contributed by atoms with Crippen LogP contribution < -0.4 is 15.1 Å². The summed E-state index contributed by atoms with van der Waals surface area (Å²) in [7, 11) is 0. The van der Waals surface area contributed by atoms with Gasteiger partial charge in [-0.1, -0.05) is 24.3 Å². The van der Waals surface area contributed by atoms with Gasteiger partial charge in [0.15, 0.2) is 10.0 Å². The molecule has 0 fully saturated rings. The van der Waals surface area contributed by atoms with Gasteiger partial charge in [-0.25, -0.2) is 9.97 Å². The molecule has 2 aliphatic rings. The second-order valence-corrected chi connectivity index (χ2v) is 12.6. The lowest BCUT2D eigenvalue weighted by molar-refractivity contribution is 0.0981. The molecule has 0 aliphatic carbocycles. The van der Waals surface area contributed by atoms with E-state index in [2.05, 4.69) is 27.4 Å². The predicted octanol–water partition coefficient (Wildman–Crippen LogP) is 4.07. The minimum atomic E-state index is -0.0986. The number of nitrogens with one attached hydrogen (secondary N) is 1. The number of benzene rings is 2. The highest BCUT2D eigenvalue weighted by atomic mass is 32.1. The Kier molecular flexibility index (Phi) is 8.73. The van der Waals surface area contributed by atoms with Gasteiger partial charge in [0, 0.05) is 66.3 Å². The summed E-state index contributed by atoms with van der Waals surface area (Å²) in [6.45, 7) is 2.50. The van der Waals surface area contributed by atoms with E-state index in [4.69, 9.17) is 10.2 Å². The highest BCUT2D eigenvalue weighted by Gasteiger charge is 2.32. The van der Waals surface area contributed by atoms with Gasteiger partial charge in [-0.2, -0.15) is 0 Å². The number of hydrogen-bond donors (Lipinski definition) is 3. The second kappa shape index (κ2) is 12.8. The topological polar surface area (TPSA) is 119 Å². The third kappa shape index (κ3) is 5.62. The number of fused-ring (bicyclic) bond motifs is 2. The van der Waals surface area contributed by atoms with E-state index in [1.807, 2.05) is 34.1 Å². The van der Waals surface area contributed by atoms with Crippen molar-refractivity contribution in [2.24, 2.45) is 0 Å². The Morgan fingerprint density at radius 3 is 1.93 bits per heavy atom. The Labute approximate surface area is 252 Å². The number of carbonyl (C=O) groups is 2. The largest absolute Gasteiger partial charge is 0.396 e. The summed E-state index contributed by atoms with van der Waals surface area (Å²) in [5.41, 5.74) is 6.31. The zero-order valence-electron chi connectivity index (χ0n) is 23.2. The molecule has 0 saturated heterocycles. The van der Waals surface area contributed by atoms with Gasteiger partial charge in [0.2, 0.25) is 0 Å². The zero-order valence-corrected chi connectivity index (χ0v) is 24.8. The van der Waals surface area contributed by atoms with Crippen LogP contribution in [0, 0.1) is 0 Å². The first-order valence-electron chi connectivity index (χ1n) is 14.3. The summed E-state index contributed by atoms with van der Waals surface area (Å²) in [4.78, 5) is 41.4. The lowest BCUT2D eigenvalue weighted by Crippen LogP contribution is -2.28. The van der Waals surface area contributed by atoms with Gasteiger partial charge < -0.3 is 25.3 Å². The van der Waals surface area contributed by atoms with Gasteiger partial charge >= 0.3 is 0 Å². The summed E-state index contributed by atoms with van der Waals surface area (Å²) in [5, 5.41) is 22.1. The minimum Gasteiger partial charge on any atom is -0.396 e. The molecule has 2 amide bonds. The van der Waals surface area contributed by atoms with Crippen molar-refractivity contribution < 1.29 is 19.8 Å². The molecule has 0 radical (unpaired) electrons. The number of hydrogen-bond acceptors (Lipinski definition) is 9. The summed E-state index contributed by atoms with van der Waals surface area (Å²) < 4.78 is 0. The molecule has 4 aromatic rings. The van der Waals surface area contributed by atoms with Crippen LogP contribution in [-0.4, -0.2) is 64.8 Å². The molecule has 2 aromatic carbocycles. The lowest BCUT2D eigenvalue weighted by atomic mass is 9.93. The zero-order chi connectivity index (χ0) is 29.1. The monoisotopic (exact) mass is 603 g/mol. The number of carbonyl (C=O) groups excluding carboxylic acids is 2. The molecular formula is C31H33N5O4S2. The fraction of sp³-hybridized carbons (Fsp3) is 0.355. The van der Waals surface area contributed by atoms with Crippen LogP contribution in [-0.2, 0) is 25.8 Å². The van der Waals surface area contributed by atoms with Gasteiger partial charge in [0.1, 0.15) is 0 Å². The molecular weight excluding hydrogens is 571 g/mol. The van der Waals surface area contributed by atoms with E-state index in [-0.39, 0.29) is 25.0 Å². The third-order valence-electron chi connectivity index (χ3n) is 7.73. The number of rotatable bonds is 11. The van der Waals surface area contributed by atoms with Crippen molar-refractivity contribution in [1.82, 2.24) is 15.3 Å². The number of aliphatic hydroxyl groups excluding tert-OH is 2. The number of amides is 2. The van der Waals surface area contributed by atoms with Crippen LogP contribution in [0.4, 0.5) is 11.4 Å². The van der Waals surface area contributed by atoms with Crippen molar-refractivity contribution in [1.29, 1.82) is 0 Å². The number of aryl methyl sites for hydroxylation is 1. The highest BCUT2D eigenvalue weighted by Crippen LogP contribution is 2.42.